The molecule has 1 rings (SSSR count). The predicted octanol–water partition coefficient (Wildman–Crippen LogP) is 3.98. The van der Waals surface area contributed by atoms with Gasteiger partial charge >= 0.3 is 0 Å². The molecule has 0 aliphatic carbocycles. The number of nitrogens with two attached hydrogens (primary N) is 1. The molecule has 108 valence electrons. The van der Waals surface area contributed by atoms with Gasteiger partial charge in [-0.25, -0.2) is 0 Å². The van der Waals surface area contributed by atoms with Crippen LogP contribution in [0.2, 0.25) is 0 Å². The van der Waals surface area contributed by atoms with Gasteiger partial charge in [0.05, 0.1) is 0 Å². The van der Waals surface area contributed by atoms with Crippen LogP contribution < -0.4 is 5.73 Å². The van der Waals surface area contributed by atoms with Crippen molar-refractivity contribution in [2.75, 3.05) is 6.54 Å². The van der Waals surface area contributed by atoms with Gasteiger partial charge in [0.1, 0.15) is 0 Å². The van der Waals surface area contributed by atoms with Crippen LogP contribution in [0.1, 0.15) is 58.6 Å². The van der Waals surface area contributed by atoms with E-state index in [1.807, 2.05) is 0 Å². The Kier molecular flexibility index (Phi) is 7.11. The standard InChI is InChI=1S/C17H30N2/c1-5-6-10-13-19(14(2)3)17(15(4)18)16-11-8-7-9-12-16/h7-9,11-12,14-15,17H,5-6,10,13,18H2,1-4H3. The largest absolute Gasteiger partial charge is 0.326 e. The zero-order chi connectivity index (χ0) is 14.3. The topological polar surface area (TPSA) is 29.3 Å². The van der Waals surface area contributed by atoms with E-state index in [-0.39, 0.29) is 6.04 Å². The van der Waals surface area contributed by atoms with Crippen LogP contribution in [-0.2, 0) is 0 Å². The van der Waals surface area contributed by atoms with Gasteiger partial charge in [0.2, 0.25) is 0 Å². The first-order chi connectivity index (χ1) is 9.07. The lowest BCUT2D eigenvalue weighted by Gasteiger charge is -2.37. The molecule has 0 heterocycles. The summed E-state index contributed by atoms with van der Waals surface area (Å²) in [5, 5.41) is 0. The minimum absolute atomic E-state index is 0.145. The number of rotatable bonds is 8. The molecule has 0 aliphatic heterocycles. The second-order valence-electron chi connectivity index (χ2n) is 5.75. The predicted molar refractivity (Wildman–Crippen MR) is 84.2 cm³/mol. The zero-order valence-electron chi connectivity index (χ0n) is 13.0. The van der Waals surface area contributed by atoms with E-state index in [0.717, 1.165) is 6.54 Å². The van der Waals surface area contributed by atoms with Crippen molar-refractivity contribution in [1.82, 2.24) is 4.90 Å². The summed E-state index contributed by atoms with van der Waals surface area (Å²) < 4.78 is 0. The first kappa shape index (κ1) is 16.2. The Labute approximate surface area is 119 Å². The third kappa shape index (κ3) is 4.96. The fraction of sp³-hybridized carbons (Fsp3) is 0.647. The average molecular weight is 262 g/mol. The molecule has 0 saturated heterocycles. The lowest BCUT2D eigenvalue weighted by Crippen LogP contribution is -2.43. The van der Waals surface area contributed by atoms with Crippen molar-refractivity contribution in [1.29, 1.82) is 0 Å². The highest BCUT2D eigenvalue weighted by atomic mass is 15.2. The summed E-state index contributed by atoms with van der Waals surface area (Å²) in [7, 11) is 0. The summed E-state index contributed by atoms with van der Waals surface area (Å²) >= 11 is 0. The second kappa shape index (κ2) is 8.34. The van der Waals surface area contributed by atoms with Crippen molar-refractivity contribution < 1.29 is 0 Å². The van der Waals surface area contributed by atoms with Crippen molar-refractivity contribution in [2.24, 2.45) is 5.73 Å². The Hall–Kier alpha value is -0.860. The van der Waals surface area contributed by atoms with Crippen LogP contribution in [0.15, 0.2) is 30.3 Å². The molecule has 2 N–H and O–H groups in total. The normalized spacial score (nSPS) is 14.9. The molecule has 2 unspecified atom stereocenters. The van der Waals surface area contributed by atoms with Crippen LogP contribution in [0.25, 0.3) is 0 Å². The van der Waals surface area contributed by atoms with E-state index in [1.165, 1.54) is 24.8 Å². The fourth-order valence-corrected chi connectivity index (χ4v) is 2.71. The molecule has 1 aromatic carbocycles. The highest BCUT2D eigenvalue weighted by Crippen LogP contribution is 2.26. The van der Waals surface area contributed by atoms with Crippen LogP contribution in [0, 0.1) is 0 Å². The number of nitrogens with zero attached hydrogens (tertiary/aromatic N) is 1. The van der Waals surface area contributed by atoms with Gasteiger partial charge in [-0.1, -0.05) is 50.1 Å². The first-order valence-corrected chi connectivity index (χ1v) is 7.64. The number of benzene rings is 1. The van der Waals surface area contributed by atoms with Gasteiger partial charge in [0.15, 0.2) is 0 Å². The maximum atomic E-state index is 6.27. The van der Waals surface area contributed by atoms with Gasteiger partial charge in [-0.2, -0.15) is 0 Å². The lowest BCUT2D eigenvalue weighted by molar-refractivity contribution is 0.133. The molecule has 1 aromatic rings. The second-order valence-corrected chi connectivity index (χ2v) is 5.75. The van der Waals surface area contributed by atoms with Crippen molar-refractivity contribution >= 4 is 0 Å². The fourth-order valence-electron chi connectivity index (χ4n) is 2.71. The molecule has 0 spiro atoms. The summed E-state index contributed by atoms with van der Waals surface area (Å²) in [6.07, 6.45) is 3.81. The van der Waals surface area contributed by atoms with Crippen LogP contribution in [0.3, 0.4) is 0 Å². The summed E-state index contributed by atoms with van der Waals surface area (Å²) in [4.78, 5) is 2.55. The number of hydrogen-bond acceptors (Lipinski definition) is 2. The van der Waals surface area contributed by atoms with E-state index in [0.29, 0.717) is 12.1 Å². The highest BCUT2D eigenvalue weighted by molar-refractivity contribution is 5.20. The number of hydrogen-bond donors (Lipinski definition) is 1. The Morgan fingerprint density at radius 3 is 2.16 bits per heavy atom. The van der Waals surface area contributed by atoms with Crippen molar-refractivity contribution in [2.45, 2.75) is 65.1 Å². The molecule has 0 aliphatic rings. The molecule has 19 heavy (non-hydrogen) atoms. The van der Waals surface area contributed by atoms with Crippen molar-refractivity contribution in [3.05, 3.63) is 35.9 Å². The van der Waals surface area contributed by atoms with Gasteiger partial charge in [-0.15, -0.1) is 0 Å². The molecule has 0 saturated carbocycles. The molecule has 0 amide bonds. The Balaban J connectivity index is 2.87. The SMILES string of the molecule is CCCCCN(C(C)C)C(c1ccccc1)C(C)N. The Morgan fingerprint density at radius 1 is 1.05 bits per heavy atom. The number of unbranched alkanes of at least 4 members (excludes halogenated alkanes) is 2. The van der Waals surface area contributed by atoms with E-state index >= 15 is 0 Å². The summed E-state index contributed by atoms with van der Waals surface area (Å²) in [6.45, 7) is 10.0. The quantitative estimate of drug-likeness (QED) is 0.718. The van der Waals surface area contributed by atoms with Gasteiger partial charge in [0, 0.05) is 18.1 Å². The van der Waals surface area contributed by atoms with Crippen molar-refractivity contribution in [3.63, 3.8) is 0 Å². The lowest BCUT2D eigenvalue weighted by atomic mass is 9.97. The van der Waals surface area contributed by atoms with Crippen LogP contribution >= 0.6 is 0 Å². The van der Waals surface area contributed by atoms with Gasteiger partial charge in [-0.3, -0.25) is 4.90 Å². The molecule has 2 nitrogen and oxygen atoms in total. The van der Waals surface area contributed by atoms with Gasteiger partial charge in [-0.05, 0) is 39.3 Å². The summed E-state index contributed by atoms with van der Waals surface area (Å²) in [6, 6.07) is 11.7. The third-order valence-corrected chi connectivity index (χ3v) is 3.68. The third-order valence-electron chi connectivity index (χ3n) is 3.68. The molecule has 0 aromatic heterocycles. The molecular formula is C17H30N2. The van der Waals surface area contributed by atoms with Crippen LogP contribution in [-0.4, -0.2) is 23.5 Å². The highest BCUT2D eigenvalue weighted by Gasteiger charge is 2.25. The minimum atomic E-state index is 0.145. The molecular weight excluding hydrogens is 232 g/mol. The molecule has 0 bridgehead atoms. The van der Waals surface area contributed by atoms with E-state index in [2.05, 4.69) is 62.9 Å². The smallest absolute Gasteiger partial charge is 0.0499 e. The van der Waals surface area contributed by atoms with E-state index < -0.39 is 0 Å². The van der Waals surface area contributed by atoms with E-state index in [4.69, 9.17) is 5.73 Å². The maximum absolute atomic E-state index is 6.27. The van der Waals surface area contributed by atoms with Crippen LogP contribution in [0.4, 0.5) is 0 Å². The molecule has 2 heteroatoms. The molecule has 0 radical (unpaired) electrons. The zero-order valence-corrected chi connectivity index (χ0v) is 13.0. The Morgan fingerprint density at radius 2 is 1.68 bits per heavy atom. The summed E-state index contributed by atoms with van der Waals surface area (Å²) in [5.74, 6) is 0. The average Bonchev–Trinajstić information content (AvgIpc) is 2.38. The van der Waals surface area contributed by atoms with E-state index in [9.17, 15) is 0 Å². The van der Waals surface area contributed by atoms with E-state index in [1.54, 1.807) is 0 Å². The molecule has 0 fully saturated rings. The maximum Gasteiger partial charge on any atom is 0.0499 e. The monoisotopic (exact) mass is 262 g/mol. The van der Waals surface area contributed by atoms with Crippen molar-refractivity contribution in [3.8, 4) is 0 Å². The first-order valence-electron chi connectivity index (χ1n) is 7.64. The molecule has 2 atom stereocenters. The summed E-state index contributed by atoms with van der Waals surface area (Å²) in [5.41, 5.74) is 7.61. The van der Waals surface area contributed by atoms with Crippen LogP contribution in [0.5, 0.6) is 0 Å². The minimum Gasteiger partial charge on any atom is -0.326 e. The van der Waals surface area contributed by atoms with Gasteiger partial charge in [0.25, 0.3) is 0 Å². The Bertz CT molecular complexity index is 332. The van der Waals surface area contributed by atoms with Gasteiger partial charge < -0.3 is 5.73 Å².